The summed E-state index contributed by atoms with van der Waals surface area (Å²) in [5, 5.41) is 10.7. The number of rotatable bonds is 4. The van der Waals surface area contributed by atoms with Gasteiger partial charge in [-0.1, -0.05) is 6.07 Å². The Morgan fingerprint density at radius 2 is 2.20 bits per heavy atom. The minimum atomic E-state index is -0.463. The molecule has 0 heterocycles. The fourth-order valence-corrected chi connectivity index (χ4v) is 1.31. The van der Waals surface area contributed by atoms with Crippen molar-refractivity contribution in [3.8, 4) is 5.75 Å². The van der Waals surface area contributed by atoms with Crippen molar-refractivity contribution >= 4 is 17.3 Å². The fraction of sp³-hybridized carbons (Fsp3) is 0.400. The van der Waals surface area contributed by atoms with Crippen molar-refractivity contribution in [3.05, 3.63) is 33.9 Å². The Bertz CT molecular complexity index is 366. The van der Waals surface area contributed by atoms with Crippen LogP contribution in [-0.2, 0) is 5.88 Å². The molecule has 0 saturated carbocycles. The van der Waals surface area contributed by atoms with Crippen molar-refractivity contribution in [2.45, 2.75) is 25.8 Å². The highest BCUT2D eigenvalue weighted by molar-refractivity contribution is 6.17. The van der Waals surface area contributed by atoms with Crippen LogP contribution in [0.15, 0.2) is 18.2 Å². The van der Waals surface area contributed by atoms with Crippen molar-refractivity contribution in [3.63, 3.8) is 0 Å². The summed E-state index contributed by atoms with van der Waals surface area (Å²) >= 11 is 5.64. The monoisotopic (exact) mass is 229 g/mol. The van der Waals surface area contributed by atoms with Gasteiger partial charge in [-0.2, -0.15) is 0 Å². The van der Waals surface area contributed by atoms with E-state index in [1.807, 2.05) is 13.8 Å². The van der Waals surface area contributed by atoms with E-state index >= 15 is 0 Å². The number of hydrogen-bond acceptors (Lipinski definition) is 3. The van der Waals surface area contributed by atoms with Crippen molar-refractivity contribution in [2.75, 3.05) is 0 Å². The van der Waals surface area contributed by atoms with Gasteiger partial charge in [-0.3, -0.25) is 10.1 Å². The van der Waals surface area contributed by atoms with E-state index in [0.29, 0.717) is 5.88 Å². The number of nitro benzene ring substituents is 1. The molecule has 4 nitrogen and oxygen atoms in total. The molecule has 0 radical (unpaired) electrons. The number of ether oxygens (including phenoxy) is 1. The Morgan fingerprint density at radius 1 is 1.53 bits per heavy atom. The molecule has 0 unspecified atom stereocenters. The minimum absolute atomic E-state index is 0.0300. The van der Waals surface area contributed by atoms with Gasteiger partial charge in [0.25, 0.3) is 0 Å². The molecule has 0 aliphatic heterocycles. The van der Waals surface area contributed by atoms with Crippen LogP contribution in [-0.4, -0.2) is 11.0 Å². The highest BCUT2D eigenvalue weighted by atomic mass is 35.5. The number of benzene rings is 1. The Labute approximate surface area is 93.0 Å². The summed E-state index contributed by atoms with van der Waals surface area (Å²) in [6.45, 7) is 3.63. The second-order valence-electron chi connectivity index (χ2n) is 3.36. The molecule has 1 aromatic carbocycles. The quantitative estimate of drug-likeness (QED) is 0.453. The first-order valence-corrected chi connectivity index (χ1v) is 5.08. The lowest BCUT2D eigenvalue weighted by Gasteiger charge is -2.10. The van der Waals surface area contributed by atoms with Gasteiger partial charge < -0.3 is 4.74 Å². The maximum atomic E-state index is 10.7. The first-order chi connectivity index (χ1) is 7.04. The zero-order valence-electron chi connectivity index (χ0n) is 8.57. The molecule has 0 saturated heterocycles. The van der Waals surface area contributed by atoms with Gasteiger partial charge >= 0.3 is 5.69 Å². The minimum Gasteiger partial charge on any atom is -0.484 e. The van der Waals surface area contributed by atoms with Crippen LogP contribution in [0, 0.1) is 10.1 Å². The first kappa shape index (κ1) is 11.8. The van der Waals surface area contributed by atoms with Crippen LogP contribution in [0.3, 0.4) is 0 Å². The molecule has 5 heteroatoms. The van der Waals surface area contributed by atoms with Gasteiger partial charge in [-0.05, 0) is 25.5 Å². The Morgan fingerprint density at radius 3 is 2.67 bits per heavy atom. The van der Waals surface area contributed by atoms with Gasteiger partial charge in [0.15, 0.2) is 5.75 Å². The second-order valence-corrected chi connectivity index (χ2v) is 3.63. The lowest BCUT2D eigenvalue weighted by molar-refractivity contribution is -0.386. The van der Waals surface area contributed by atoms with E-state index in [1.165, 1.54) is 6.07 Å². The van der Waals surface area contributed by atoms with Crippen molar-refractivity contribution in [1.82, 2.24) is 0 Å². The standard InChI is InChI=1S/C10H12ClNO3/c1-7(2)15-10-5-8(6-11)3-4-9(10)12(13)14/h3-5,7H,6H2,1-2H3. The van der Waals surface area contributed by atoms with E-state index in [4.69, 9.17) is 16.3 Å². The van der Waals surface area contributed by atoms with Crippen molar-refractivity contribution in [2.24, 2.45) is 0 Å². The maximum absolute atomic E-state index is 10.7. The van der Waals surface area contributed by atoms with Crippen LogP contribution in [0.2, 0.25) is 0 Å². The largest absolute Gasteiger partial charge is 0.484 e. The molecule has 0 aliphatic carbocycles. The van der Waals surface area contributed by atoms with Crippen LogP contribution in [0.4, 0.5) is 5.69 Å². The molecule has 0 spiro atoms. The molecule has 1 rings (SSSR count). The summed E-state index contributed by atoms with van der Waals surface area (Å²) in [5.74, 6) is 0.583. The molecule has 0 amide bonds. The molecule has 0 bridgehead atoms. The third-order valence-electron chi connectivity index (χ3n) is 1.74. The van der Waals surface area contributed by atoms with Gasteiger partial charge in [0.1, 0.15) is 0 Å². The lowest BCUT2D eigenvalue weighted by Crippen LogP contribution is -2.07. The molecule has 15 heavy (non-hydrogen) atoms. The van der Waals surface area contributed by atoms with E-state index in [-0.39, 0.29) is 17.5 Å². The van der Waals surface area contributed by atoms with Crippen LogP contribution < -0.4 is 4.74 Å². The summed E-state index contributed by atoms with van der Waals surface area (Å²) in [6, 6.07) is 4.64. The van der Waals surface area contributed by atoms with Gasteiger partial charge in [-0.15, -0.1) is 11.6 Å². The number of halogens is 1. The van der Waals surface area contributed by atoms with Crippen molar-refractivity contribution in [1.29, 1.82) is 0 Å². The SMILES string of the molecule is CC(C)Oc1cc(CCl)ccc1[N+](=O)[O-]. The number of alkyl halides is 1. The van der Waals surface area contributed by atoms with Gasteiger partial charge in [-0.25, -0.2) is 0 Å². The Balaban J connectivity index is 3.10. The predicted octanol–water partition coefficient (Wildman–Crippen LogP) is 3.12. The molecule has 0 atom stereocenters. The van der Waals surface area contributed by atoms with E-state index in [2.05, 4.69) is 0 Å². The molecular weight excluding hydrogens is 218 g/mol. The van der Waals surface area contributed by atoms with Crippen LogP contribution >= 0.6 is 11.6 Å². The Hall–Kier alpha value is -1.29. The lowest BCUT2D eigenvalue weighted by atomic mass is 10.2. The molecule has 0 N–H and O–H groups in total. The van der Waals surface area contributed by atoms with Crippen molar-refractivity contribution < 1.29 is 9.66 Å². The average molecular weight is 230 g/mol. The van der Waals surface area contributed by atoms with E-state index in [0.717, 1.165) is 5.56 Å². The topological polar surface area (TPSA) is 52.4 Å². The normalized spacial score (nSPS) is 10.4. The molecular formula is C10H12ClNO3. The highest BCUT2D eigenvalue weighted by Gasteiger charge is 2.16. The first-order valence-electron chi connectivity index (χ1n) is 4.54. The number of hydrogen-bond donors (Lipinski definition) is 0. The second kappa shape index (κ2) is 4.98. The van der Waals surface area contributed by atoms with Crippen LogP contribution in [0.25, 0.3) is 0 Å². The predicted molar refractivity (Wildman–Crippen MR) is 58.4 cm³/mol. The van der Waals surface area contributed by atoms with Gasteiger partial charge in [0, 0.05) is 11.9 Å². The third kappa shape index (κ3) is 3.09. The Kier molecular flexibility index (Phi) is 3.91. The molecule has 1 aromatic rings. The van der Waals surface area contributed by atoms with Gasteiger partial charge in [0.05, 0.1) is 11.0 Å². The van der Waals surface area contributed by atoms with Crippen LogP contribution in [0.1, 0.15) is 19.4 Å². The molecule has 0 aliphatic rings. The zero-order chi connectivity index (χ0) is 11.4. The smallest absolute Gasteiger partial charge is 0.310 e. The van der Waals surface area contributed by atoms with E-state index < -0.39 is 4.92 Å². The summed E-state index contributed by atoms with van der Waals surface area (Å²) in [4.78, 5) is 10.2. The molecule has 82 valence electrons. The highest BCUT2D eigenvalue weighted by Crippen LogP contribution is 2.29. The average Bonchev–Trinajstić information content (AvgIpc) is 2.16. The van der Waals surface area contributed by atoms with E-state index in [9.17, 15) is 10.1 Å². The zero-order valence-corrected chi connectivity index (χ0v) is 9.32. The molecule has 0 fully saturated rings. The van der Waals surface area contributed by atoms with Crippen LogP contribution in [0.5, 0.6) is 5.75 Å². The summed E-state index contributed by atoms with van der Waals surface area (Å²) in [7, 11) is 0. The number of nitro groups is 1. The third-order valence-corrected chi connectivity index (χ3v) is 2.05. The summed E-state index contributed by atoms with van der Waals surface area (Å²) in [6.07, 6.45) is -0.103. The molecule has 0 aromatic heterocycles. The summed E-state index contributed by atoms with van der Waals surface area (Å²) < 4.78 is 5.35. The fourth-order valence-electron chi connectivity index (χ4n) is 1.14. The van der Waals surface area contributed by atoms with E-state index in [1.54, 1.807) is 12.1 Å². The number of nitrogens with zero attached hydrogens (tertiary/aromatic N) is 1. The summed E-state index contributed by atoms with van der Waals surface area (Å²) in [5.41, 5.74) is 0.774. The maximum Gasteiger partial charge on any atom is 0.310 e. The van der Waals surface area contributed by atoms with Gasteiger partial charge in [0.2, 0.25) is 0 Å².